The van der Waals surface area contributed by atoms with E-state index in [9.17, 15) is 9.59 Å². The van der Waals surface area contributed by atoms with Crippen LogP contribution in [-0.4, -0.2) is 36.9 Å². The smallest absolute Gasteiger partial charge is 0.257 e. The molecular weight excluding hydrogens is 386 g/mol. The highest BCUT2D eigenvalue weighted by molar-refractivity contribution is 6.34. The lowest BCUT2D eigenvalue weighted by molar-refractivity contribution is -0.133. The van der Waals surface area contributed by atoms with Gasteiger partial charge in [0.05, 0.1) is 10.6 Å². The van der Waals surface area contributed by atoms with E-state index in [1.165, 1.54) is 0 Å². The van der Waals surface area contributed by atoms with E-state index < -0.39 is 0 Å². The highest BCUT2D eigenvalue weighted by Crippen LogP contribution is 2.27. The van der Waals surface area contributed by atoms with Crippen molar-refractivity contribution >= 4 is 34.8 Å². The van der Waals surface area contributed by atoms with Crippen LogP contribution in [0.3, 0.4) is 0 Å². The highest BCUT2D eigenvalue weighted by atomic mass is 35.5. The largest absolute Gasteiger partial charge is 0.377 e. The summed E-state index contributed by atoms with van der Waals surface area (Å²) in [6.45, 7) is 6.51. The van der Waals surface area contributed by atoms with E-state index in [1.807, 2.05) is 49.0 Å². The summed E-state index contributed by atoms with van der Waals surface area (Å²) >= 11 is 6.14. The molecule has 0 bridgehead atoms. The minimum Gasteiger partial charge on any atom is -0.377 e. The number of hydrogen-bond donors (Lipinski definition) is 1. The summed E-state index contributed by atoms with van der Waals surface area (Å²) in [7, 11) is 3.94. The molecule has 2 amide bonds. The Hall–Kier alpha value is -2.53. The Morgan fingerprint density at radius 2 is 1.79 bits per heavy atom. The Balaban J connectivity index is 2.34. The number of nitrogens with zero attached hydrogens (tertiary/aromatic N) is 2. The Morgan fingerprint density at radius 3 is 2.38 bits per heavy atom. The van der Waals surface area contributed by atoms with Crippen molar-refractivity contribution < 1.29 is 9.59 Å². The van der Waals surface area contributed by atoms with Gasteiger partial charge < -0.3 is 15.1 Å². The Labute approximate surface area is 178 Å². The van der Waals surface area contributed by atoms with E-state index in [-0.39, 0.29) is 17.9 Å². The van der Waals surface area contributed by atoms with Crippen LogP contribution in [0.5, 0.6) is 0 Å². The van der Waals surface area contributed by atoms with Crippen molar-refractivity contribution in [2.45, 2.75) is 46.2 Å². The molecule has 0 aliphatic carbocycles. The number of rotatable bonds is 8. The molecule has 0 aromatic heterocycles. The lowest BCUT2D eigenvalue weighted by Crippen LogP contribution is -2.37. The van der Waals surface area contributed by atoms with Crippen molar-refractivity contribution in [1.29, 1.82) is 0 Å². The first-order valence-electron chi connectivity index (χ1n) is 9.94. The first-order valence-corrected chi connectivity index (χ1v) is 10.3. The maximum Gasteiger partial charge on any atom is 0.257 e. The predicted molar refractivity (Wildman–Crippen MR) is 121 cm³/mol. The van der Waals surface area contributed by atoms with Crippen molar-refractivity contribution in [3.63, 3.8) is 0 Å². The van der Waals surface area contributed by atoms with Gasteiger partial charge in [-0.25, -0.2) is 0 Å². The van der Waals surface area contributed by atoms with E-state index >= 15 is 0 Å². The summed E-state index contributed by atoms with van der Waals surface area (Å²) in [6, 6.07) is 12.8. The number of benzene rings is 2. The fourth-order valence-corrected chi connectivity index (χ4v) is 3.39. The molecule has 1 N–H and O–H groups in total. The van der Waals surface area contributed by atoms with Crippen LogP contribution in [0.4, 0.5) is 11.4 Å². The average Bonchev–Trinajstić information content (AvgIpc) is 2.71. The minimum absolute atomic E-state index is 0.120. The molecule has 0 aliphatic heterocycles. The summed E-state index contributed by atoms with van der Waals surface area (Å²) < 4.78 is 0. The van der Waals surface area contributed by atoms with E-state index in [4.69, 9.17) is 11.6 Å². The van der Waals surface area contributed by atoms with Crippen LogP contribution >= 0.6 is 11.6 Å². The highest BCUT2D eigenvalue weighted by Gasteiger charge is 2.20. The topological polar surface area (TPSA) is 52.7 Å². The Morgan fingerprint density at radius 1 is 1.10 bits per heavy atom. The molecule has 6 heteroatoms. The molecule has 2 aromatic carbocycles. The van der Waals surface area contributed by atoms with Crippen LogP contribution in [0, 0.1) is 0 Å². The van der Waals surface area contributed by atoms with Gasteiger partial charge in [-0.2, -0.15) is 0 Å². The summed E-state index contributed by atoms with van der Waals surface area (Å²) in [5.41, 5.74) is 3.09. The van der Waals surface area contributed by atoms with E-state index in [2.05, 4.69) is 19.2 Å². The van der Waals surface area contributed by atoms with Crippen molar-refractivity contribution in [2.24, 2.45) is 0 Å². The van der Waals surface area contributed by atoms with Gasteiger partial charge in [-0.05, 0) is 49.2 Å². The summed E-state index contributed by atoms with van der Waals surface area (Å²) in [5, 5.41) is 3.33. The minimum atomic E-state index is -0.262. The number of hydrogen-bond acceptors (Lipinski definition) is 3. The molecule has 1 atom stereocenters. The van der Waals surface area contributed by atoms with Gasteiger partial charge in [-0.1, -0.05) is 37.6 Å². The van der Waals surface area contributed by atoms with Crippen LogP contribution < -0.4 is 10.2 Å². The van der Waals surface area contributed by atoms with Crippen LogP contribution in [0.25, 0.3) is 0 Å². The van der Waals surface area contributed by atoms with Crippen LogP contribution in [0.2, 0.25) is 5.02 Å². The molecule has 156 valence electrons. The third-order valence-electron chi connectivity index (χ3n) is 5.02. The molecule has 0 heterocycles. The van der Waals surface area contributed by atoms with E-state index in [0.29, 0.717) is 29.2 Å². The molecule has 2 rings (SSSR count). The third kappa shape index (κ3) is 5.73. The zero-order valence-corrected chi connectivity index (χ0v) is 18.6. The van der Waals surface area contributed by atoms with Gasteiger partial charge in [-0.3, -0.25) is 9.59 Å². The third-order valence-corrected chi connectivity index (χ3v) is 5.35. The zero-order chi connectivity index (χ0) is 21.6. The maximum atomic E-state index is 12.6. The zero-order valence-electron chi connectivity index (χ0n) is 17.8. The number of carbonyl (C=O) groups excluding carboxylic acids is 2. The van der Waals surface area contributed by atoms with Gasteiger partial charge in [0.2, 0.25) is 5.91 Å². The number of halogens is 1. The lowest BCUT2D eigenvalue weighted by atomic mass is 10.1. The van der Waals surface area contributed by atoms with Crippen LogP contribution in [0.1, 0.15) is 49.5 Å². The van der Waals surface area contributed by atoms with Crippen molar-refractivity contribution in [3.05, 3.63) is 58.6 Å². The Bertz CT molecular complexity index is 867. The molecule has 0 radical (unpaired) electrons. The summed E-state index contributed by atoms with van der Waals surface area (Å²) in [5.74, 6) is -0.142. The molecule has 0 fully saturated rings. The van der Waals surface area contributed by atoms with E-state index in [1.54, 1.807) is 24.3 Å². The number of carbonyl (C=O) groups is 2. The summed E-state index contributed by atoms with van der Waals surface area (Å²) in [6.07, 6.45) is 1.34. The number of nitrogens with one attached hydrogen (secondary N) is 1. The average molecular weight is 416 g/mol. The first kappa shape index (κ1) is 22.8. The number of amides is 2. The van der Waals surface area contributed by atoms with Gasteiger partial charge >= 0.3 is 0 Å². The molecule has 0 saturated carbocycles. The molecule has 5 nitrogen and oxygen atoms in total. The SMILES string of the molecule is CCC(=O)N(Cc1cc(NC(=O)c2ccccc2Cl)ccc1N(C)C)[C@H](C)CC. The fourth-order valence-electron chi connectivity index (χ4n) is 3.17. The van der Waals surface area contributed by atoms with Crippen molar-refractivity contribution in [2.75, 3.05) is 24.3 Å². The van der Waals surface area contributed by atoms with Crippen LogP contribution in [-0.2, 0) is 11.3 Å². The monoisotopic (exact) mass is 415 g/mol. The first-order chi connectivity index (χ1) is 13.8. The van der Waals surface area contributed by atoms with E-state index in [0.717, 1.165) is 17.7 Å². The lowest BCUT2D eigenvalue weighted by Gasteiger charge is -2.30. The van der Waals surface area contributed by atoms with Gasteiger partial charge in [0.15, 0.2) is 0 Å². The van der Waals surface area contributed by atoms with Gasteiger partial charge in [0, 0.05) is 44.5 Å². The van der Waals surface area contributed by atoms with Crippen molar-refractivity contribution in [1.82, 2.24) is 4.90 Å². The normalized spacial score (nSPS) is 11.7. The molecular formula is C23H30ClN3O2. The van der Waals surface area contributed by atoms with Gasteiger partial charge in [0.1, 0.15) is 0 Å². The standard InChI is InChI=1S/C23H30ClN3O2/c1-6-16(3)27(22(28)7-2)15-17-14-18(12-13-21(17)26(4)5)25-23(29)19-10-8-9-11-20(19)24/h8-14,16H,6-7,15H2,1-5H3,(H,25,29)/t16-/m1/s1. The molecule has 2 aromatic rings. The van der Waals surface area contributed by atoms with Crippen LogP contribution in [0.15, 0.2) is 42.5 Å². The Kier molecular flexibility index (Phi) is 8.09. The second-order valence-electron chi connectivity index (χ2n) is 7.30. The summed E-state index contributed by atoms with van der Waals surface area (Å²) in [4.78, 5) is 29.1. The van der Waals surface area contributed by atoms with Gasteiger partial charge in [-0.15, -0.1) is 0 Å². The second kappa shape index (κ2) is 10.3. The molecule has 0 aliphatic rings. The molecule has 0 spiro atoms. The number of anilines is 2. The second-order valence-corrected chi connectivity index (χ2v) is 7.71. The molecule has 29 heavy (non-hydrogen) atoms. The fraction of sp³-hybridized carbons (Fsp3) is 0.391. The predicted octanol–water partition coefficient (Wildman–Crippen LogP) is 5.20. The molecule has 0 saturated heterocycles. The van der Waals surface area contributed by atoms with Gasteiger partial charge in [0.25, 0.3) is 5.91 Å². The quantitative estimate of drug-likeness (QED) is 0.645. The molecule has 0 unspecified atom stereocenters. The van der Waals surface area contributed by atoms with Crippen molar-refractivity contribution in [3.8, 4) is 0 Å². The maximum absolute atomic E-state index is 12.6.